The summed E-state index contributed by atoms with van der Waals surface area (Å²) >= 11 is 0. The van der Waals surface area contributed by atoms with Gasteiger partial charge in [0.25, 0.3) is 5.56 Å². The first-order valence-corrected chi connectivity index (χ1v) is 12.3. The largest absolute Gasteiger partial charge is 0.487 e. The molecule has 1 aromatic carbocycles. The molecule has 0 aliphatic heterocycles. The Balaban J connectivity index is 1.98. The minimum Gasteiger partial charge on any atom is -0.487 e. The van der Waals surface area contributed by atoms with E-state index in [4.69, 9.17) is 9.47 Å². The van der Waals surface area contributed by atoms with Crippen LogP contribution in [0, 0.1) is 5.92 Å². The lowest BCUT2D eigenvalue weighted by atomic mass is 10.1. The number of alkyl halides is 3. The lowest BCUT2D eigenvalue weighted by Crippen LogP contribution is -2.40. The summed E-state index contributed by atoms with van der Waals surface area (Å²) in [5.41, 5.74) is -1.06. The van der Waals surface area contributed by atoms with Crippen molar-refractivity contribution in [1.29, 1.82) is 0 Å². The number of hydrogen-bond acceptors (Lipinski definition) is 7. The maximum Gasteiger partial charge on any atom is 0.416 e. The molecule has 0 aliphatic rings. The molecule has 0 N–H and O–H groups in total. The van der Waals surface area contributed by atoms with Gasteiger partial charge in [-0.2, -0.15) is 13.2 Å². The average Bonchev–Trinajstić information content (AvgIpc) is 2.85. The molecule has 3 aromatic rings. The zero-order valence-corrected chi connectivity index (χ0v) is 21.8. The number of ether oxygens (including phenoxy) is 2. The summed E-state index contributed by atoms with van der Waals surface area (Å²) in [4.78, 5) is 45.8. The number of halogens is 3. The molecule has 0 atom stereocenters. The Hall–Kier alpha value is -3.70. The number of benzene rings is 1. The van der Waals surface area contributed by atoms with Crippen molar-refractivity contribution in [2.24, 2.45) is 13.0 Å². The van der Waals surface area contributed by atoms with Gasteiger partial charge in [-0.3, -0.25) is 18.7 Å². The quantitative estimate of drug-likeness (QED) is 0.269. The van der Waals surface area contributed by atoms with Gasteiger partial charge >= 0.3 is 17.8 Å². The Morgan fingerprint density at radius 1 is 1.08 bits per heavy atom. The summed E-state index contributed by atoms with van der Waals surface area (Å²) in [5, 5.41) is 0. The van der Waals surface area contributed by atoms with E-state index < -0.39 is 23.0 Å². The van der Waals surface area contributed by atoms with Gasteiger partial charge in [0.15, 0.2) is 11.2 Å². The van der Waals surface area contributed by atoms with Crippen LogP contribution in [0.5, 0.6) is 5.75 Å². The average molecular weight is 537 g/mol. The molecule has 0 saturated carbocycles. The summed E-state index contributed by atoms with van der Waals surface area (Å²) in [6.45, 7) is 5.53. The molecule has 0 radical (unpaired) electrons. The number of carbonyl (C=O) groups excluding carboxylic acids is 1. The Kier molecular flexibility index (Phi) is 9.29. The second-order valence-corrected chi connectivity index (χ2v) is 9.41. The molecule has 0 amide bonds. The van der Waals surface area contributed by atoms with Gasteiger partial charge in [0.1, 0.15) is 18.1 Å². The van der Waals surface area contributed by atoms with Gasteiger partial charge < -0.3 is 9.47 Å². The first-order chi connectivity index (χ1) is 17.9. The van der Waals surface area contributed by atoms with Crippen LogP contribution in [0.15, 0.2) is 33.9 Å². The van der Waals surface area contributed by atoms with E-state index in [0.29, 0.717) is 43.6 Å². The standard InChI is InChI=1S/C26H31F3N4O5/c1-16(2)14-33-23-22(24(35)32(4)25(33)36)30-20(11-6-5-7-12-37-17(3)34)21(31-23)15-38-19-10-8-9-18(13-19)26(27,28)29/h8-10,13,16H,5-7,11-12,14-15H2,1-4H3. The predicted octanol–water partition coefficient (Wildman–Crippen LogP) is 4.02. The molecule has 9 nitrogen and oxygen atoms in total. The molecule has 38 heavy (non-hydrogen) atoms. The van der Waals surface area contributed by atoms with Crippen molar-refractivity contribution in [2.45, 2.75) is 65.8 Å². The van der Waals surface area contributed by atoms with Crippen LogP contribution >= 0.6 is 0 Å². The number of unbranched alkanes of at least 4 members (excludes halogenated alkanes) is 2. The van der Waals surface area contributed by atoms with Crippen molar-refractivity contribution < 1.29 is 27.4 Å². The van der Waals surface area contributed by atoms with Gasteiger partial charge in [0.2, 0.25) is 0 Å². The fourth-order valence-corrected chi connectivity index (χ4v) is 3.89. The van der Waals surface area contributed by atoms with Gasteiger partial charge in [-0.1, -0.05) is 19.9 Å². The van der Waals surface area contributed by atoms with Crippen LogP contribution < -0.4 is 16.0 Å². The highest BCUT2D eigenvalue weighted by Crippen LogP contribution is 2.31. The Labute approximate surface area is 217 Å². The van der Waals surface area contributed by atoms with Gasteiger partial charge in [-0.25, -0.2) is 14.8 Å². The van der Waals surface area contributed by atoms with Crippen LogP contribution in [-0.4, -0.2) is 31.7 Å². The first-order valence-electron chi connectivity index (χ1n) is 12.3. The zero-order valence-electron chi connectivity index (χ0n) is 21.8. The summed E-state index contributed by atoms with van der Waals surface area (Å²) in [7, 11) is 1.38. The topological polar surface area (TPSA) is 105 Å². The number of fused-ring (bicyclic) bond motifs is 1. The van der Waals surface area contributed by atoms with Crippen LogP contribution in [0.25, 0.3) is 11.2 Å². The summed E-state index contributed by atoms with van der Waals surface area (Å²) in [6, 6.07) is 4.50. The summed E-state index contributed by atoms with van der Waals surface area (Å²) in [5.74, 6) is -0.294. The van der Waals surface area contributed by atoms with Crippen LogP contribution in [-0.2, 0) is 42.3 Å². The maximum absolute atomic E-state index is 13.1. The van der Waals surface area contributed by atoms with E-state index in [2.05, 4.69) is 9.97 Å². The molecule has 206 valence electrons. The van der Waals surface area contributed by atoms with Crippen LogP contribution in [0.2, 0.25) is 0 Å². The van der Waals surface area contributed by atoms with Crippen molar-refractivity contribution in [2.75, 3.05) is 6.61 Å². The van der Waals surface area contributed by atoms with E-state index in [1.807, 2.05) is 13.8 Å². The number of carbonyl (C=O) groups is 1. The smallest absolute Gasteiger partial charge is 0.416 e. The number of hydrogen-bond donors (Lipinski definition) is 0. The highest BCUT2D eigenvalue weighted by molar-refractivity contribution is 5.69. The molecular formula is C26H31F3N4O5. The highest BCUT2D eigenvalue weighted by Gasteiger charge is 2.30. The van der Waals surface area contributed by atoms with Gasteiger partial charge in [-0.15, -0.1) is 0 Å². The minimum atomic E-state index is -4.52. The lowest BCUT2D eigenvalue weighted by molar-refractivity contribution is -0.141. The van der Waals surface area contributed by atoms with Crippen LogP contribution in [0.1, 0.15) is 57.0 Å². The molecule has 0 fully saturated rings. The molecule has 2 aromatic heterocycles. The first kappa shape index (κ1) is 28.9. The Morgan fingerprint density at radius 2 is 1.82 bits per heavy atom. The van der Waals surface area contributed by atoms with Crippen LogP contribution in [0.4, 0.5) is 13.2 Å². The molecule has 2 heterocycles. The third kappa shape index (κ3) is 7.20. The summed E-state index contributed by atoms with van der Waals surface area (Å²) < 4.78 is 52.4. The van der Waals surface area contributed by atoms with Crippen LogP contribution in [0.3, 0.4) is 0 Å². The minimum absolute atomic E-state index is 0.00222. The predicted molar refractivity (Wildman–Crippen MR) is 134 cm³/mol. The van der Waals surface area contributed by atoms with E-state index in [-0.39, 0.29) is 42.0 Å². The fraction of sp³-hybridized carbons (Fsp3) is 0.500. The molecule has 0 saturated heterocycles. The lowest BCUT2D eigenvalue weighted by Gasteiger charge is -2.16. The highest BCUT2D eigenvalue weighted by atomic mass is 19.4. The van der Waals surface area contributed by atoms with Crippen molar-refractivity contribution >= 4 is 17.1 Å². The van der Waals surface area contributed by atoms with Gasteiger partial charge in [-0.05, 0) is 49.8 Å². The monoisotopic (exact) mass is 536 g/mol. The van der Waals surface area contributed by atoms with Crippen molar-refractivity contribution in [1.82, 2.24) is 19.1 Å². The molecule has 0 aliphatic carbocycles. The van der Waals surface area contributed by atoms with E-state index in [1.54, 1.807) is 0 Å². The van der Waals surface area contributed by atoms with Crippen molar-refractivity contribution in [3.8, 4) is 5.75 Å². The third-order valence-corrected chi connectivity index (χ3v) is 5.76. The number of aryl methyl sites for hydroxylation is 1. The van der Waals surface area contributed by atoms with Crippen molar-refractivity contribution in [3.63, 3.8) is 0 Å². The normalized spacial score (nSPS) is 11.8. The van der Waals surface area contributed by atoms with E-state index in [0.717, 1.165) is 16.7 Å². The maximum atomic E-state index is 13.1. The van der Waals surface area contributed by atoms with Gasteiger partial charge in [0.05, 0.1) is 17.9 Å². The van der Waals surface area contributed by atoms with E-state index in [9.17, 15) is 27.6 Å². The molecule has 0 unspecified atom stereocenters. The zero-order chi connectivity index (χ0) is 28.0. The molecule has 3 rings (SSSR count). The van der Waals surface area contributed by atoms with Gasteiger partial charge in [0, 0.05) is 20.5 Å². The van der Waals surface area contributed by atoms with E-state index >= 15 is 0 Å². The van der Waals surface area contributed by atoms with E-state index in [1.165, 1.54) is 30.7 Å². The summed E-state index contributed by atoms with van der Waals surface area (Å²) in [6.07, 6.45) is -2.16. The molecule has 12 heteroatoms. The Bertz CT molecular complexity index is 1410. The number of esters is 1. The fourth-order valence-electron chi connectivity index (χ4n) is 3.89. The van der Waals surface area contributed by atoms with Crippen molar-refractivity contribution in [3.05, 3.63) is 62.1 Å². The molecular weight excluding hydrogens is 505 g/mol. The molecule has 0 spiro atoms. The number of aromatic nitrogens is 4. The number of rotatable bonds is 11. The Morgan fingerprint density at radius 3 is 2.47 bits per heavy atom. The second kappa shape index (κ2) is 12.2. The second-order valence-electron chi connectivity index (χ2n) is 9.41. The SMILES string of the molecule is CC(=O)OCCCCCc1nc2c(=O)n(C)c(=O)n(CC(C)C)c2nc1COc1cccc(C(F)(F)F)c1. The third-order valence-electron chi connectivity index (χ3n) is 5.76. The molecule has 0 bridgehead atoms. The number of nitrogens with zero attached hydrogens (tertiary/aromatic N) is 4.